The van der Waals surface area contributed by atoms with Crippen LogP contribution in [-0.4, -0.2) is 32.1 Å². The molecule has 0 unspecified atom stereocenters. The highest BCUT2D eigenvalue weighted by Crippen LogP contribution is 2.25. The number of carbonyl (C=O) groups is 2. The van der Waals surface area contributed by atoms with E-state index in [1.165, 1.54) is 0 Å². The second-order valence-electron chi connectivity index (χ2n) is 6.08. The van der Waals surface area contributed by atoms with Crippen molar-refractivity contribution in [1.29, 1.82) is 0 Å². The number of hydrogen-bond donors (Lipinski definition) is 2. The summed E-state index contributed by atoms with van der Waals surface area (Å²) in [5.74, 6) is 0.767. The van der Waals surface area contributed by atoms with E-state index in [1.54, 1.807) is 56.7 Å². The van der Waals surface area contributed by atoms with Crippen LogP contribution in [0.25, 0.3) is 0 Å². The van der Waals surface area contributed by atoms with Crippen LogP contribution in [0, 0.1) is 0 Å². The van der Waals surface area contributed by atoms with Crippen LogP contribution in [0.5, 0.6) is 11.5 Å². The van der Waals surface area contributed by atoms with Gasteiger partial charge in [0.25, 0.3) is 5.91 Å². The van der Waals surface area contributed by atoms with Crippen molar-refractivity contribution >= 4 is 17.5 Å². The lowest BCUT2D eigenvalue weighted by molar-refractivity contribution is -0.115. The van der Waals surface area contributed by atoms with E-state index in [0.717, 1.165) is 5.56 Å². The summed E-state index contributed by atoms with van der Waals surface area (Å²) in [5, 5.41) is 5.64. The van der Waals surface area contributed by atoms with Gasteiger partial charge in [-0.3, -0.25) is 9.59 Å². The van der Waals surface area contributed by atoms with E-state index in [9.17, 15) is 9.59 Å². The van der Waals surface area contributed by atoms with Gasteiger partial charge in [0.2, 0.25) is 5.91 Å². The van der Waals surface area contributed by atoms with Gasteiger partial charge in [-0.2, -0.15) is 0 Å². The molecule has 2 amide bonds. The summed E-state index contributed by atoms with van der Waals surface area (Å²) in [7, 11) is 3.11. The van der Waals surface area contributed by atoms with Gasteiger partial charge in [0.05, 0.1) is 31.9 Å². The minimum absolute atomic E-state index is 0.00909. The summed E-state index contributed by atoms with van der Waals surface area (Å²) in [6.45, 7) is 3.77. The molecule has 0 radical (unpaired) electrons. The summed E-state index contributed by atoms with van der Waals surface area (Å²) >= 11 is 0. The molecule has 26 heavy (non-hydrogen) atoms. The first-order valence-corrected chi connectivity index (χ1v) is 8.35. The zero-order chi connectivity index (χ0) is 19.1. The van der Waals surface area contributed by atoms with E-state index in [4.69, 9.17) is 9.47 Å². The maximum absolute atomic E-state index is 12.5. The number of hydrogen-bond acceptors (Lipinski definition) is 4. The van der Waals surface area contributed by atoms with Gasteiger partial charge in [0.1, 0.15) is 11.5 Å². The molecule has 6 nitrogen and oxygen atoms in total. The standard InChI is InChI=1S/C20H24N2O4/c1-13(2)21-20(24)16-7-5-6-8-17(16)22-19(23)11-14-9-10-15(25-3)12-18(14)26-4/h5-10,12-13H,11H2,1-4H3,(H,21,24)(H,22,23). The van der Waals surface area contributed by atoms with Gasteiger partial charge in [0, 0.05) is 17.7 Å². The van der Waals surface area contributed by atoms with E-state index >= 15 is 0 Å². The molecule has 0 saturated carbocycles. The van der Waals surface area contributed by atoms with Crippen LogP contribution >= 0.6 is 0 Å². The van der Waals surface area contributed by atoms with Crippen molar-refractivity contribution in [3.63, 3.8) is 0 Å². The molecule has 2 rings (SSSR count). The normalized spacial score (nSPS) is 10.3. The second kappa shape index (κ2) is 8.89. The summed E-state index contributed by atoms with van der Waals surface area (Å²) in [6.07, 6.45) is 0.118. The molecule has 138 valence electrons. The fourth-order valence-corrected chi connectivity index (χ4v) is 2.50. The van der Waals surface area contributed by atoms with Gasteiger partial charge < -0.3 is 20.1 Å². The fourth-order valence-electron chi connectivity index (χ4n) is 2.50. The quantitative estimate of drug-likeness (QED) is 0.799. The SMILES string of the molecule is COc1ccc(CC(=O)Nc2ccccc2C(=O)NC(C)C)c(OC)c1. The average molecular weight is 356 g/mol. The van der Waals surface area contributed by atoms with E-state index in [2.05, 4.69) is 10.6 Å². The molecule has 6 heteroatoms. The first-order chi connectivity index (χ1) is 12.4. The van der Waals surface area contributed by atoms with Gasteiger partial charge in [0.15, 0.2) is 0 Å². The highest BCUT2D eigenvalue weighted by Gasteiger charge is 2.15. The Balaban J connectivity index is 2.15. The molecule has 0 saturated heterocycles. The number of ether oxygens (including phenoxy) is 2. The summed E-state index contributed by atoms with van der Waals surface area (Å²) in [4.78, 5) is 24.8. The van der Waals surface area contributed by atoms with Crippen molar-refractivity contribution in [3.05, 3.63) is 53.6 Å². The number of amides is 2. The van der Waals surface area contributed by atoms with Gasteiger partial charge in [-0.25, -0.2) is 0 Å². The van der Waals surface area contributed by atoms with Crippen molar-refractivity contribution in [2.45, 2.75) is 26.3 Å². The summed E-state index contributed by atoms with van der Waals surface area (Å²) in [6, 6.07) is 12.2. The topological polar surface area (TPSA) is 76.7 Å². The number of rotatable bonds is 7. The number of carbonyl (C=O) groups excluding carboxylic acids is 2. The van der Waals surface area contributed by atoms with Crippen LogP contribution in [0.3, 0.4) is 0 Å². The van der Waals surface area contributed by atoms with Crippen LogP contribution in [-0.2, 0) is 11.2 Å². The molecule has 0 aliphatic rings. The minimum Gasteiger partial charge on any atom is -0.497 e. The molecule has 0 aromatic heterocycles. The predicted octanol–water partition coefficient (Wildman–Crippen LogP) is 3.02. The zero-order valence-electron chi connectivity index (χ0n) is 15.5. The van der Waals surface area contributed by atoms with Gasteiger partial charge >= 0.3 is 0 Å². The molecule has 0 aliphatic carbocycles. The summed E-state index contributed by atoms with van der Waals surface area (Å²) in [5.41, 5.74) is 1.63. The Hall–Kier alpha value is -3.02. The van der Waals surface area contributed by atoms with Crippen molar-refractivity contribution in [3.8, 4) is 11.5 Å². The smallest absolute Gasteiger partial charge is 0.253 e. The van der Waals surface area contributed by atoms with Gasteiger partial charge in [-0.1, -0.05) is 18.2 Å². The van der Waals surface area contributed by atoms with Gasteiger partial charge in [-0.05, 0) is 32.0 Å². The van der Waals surface area contributed by atoms with E-state index < -0.39 is 0 Å². The van der Waals surface area contributed by atoms with Crippen LogP contribution in [0.1, 0.15) is 29.8 Å². The van der Waals surface area contributed by atoms with Crippen molar-refractivity contribution in [2.24, 2.45) is 0 Å². The second-order valence-corrected chi connectivity index (χ2v) is 6.08. The molecular formula is C20H24N2O4. The first kappa shape index (κ1) is 19.3. The molecule has 2 aromatic carbocycles. The predicted molar refractivity (Wildman–Crippen MR) is 101 cm³/mol. The van der Waals surface area contributed by atoms with Crippen LogP contribution < -0.4 is 20.1 Å². The van der Waals surface area contributed by atoms with Crippen LogP contribution in [0.4, 0.5) is 5.69 Å². The maximum Gasteiger partial charge on any atom is 0.253 e. The highest BCUT2D eigenvalue weighted by atomic mass is 16.5. The van der Waals surface area contributed by atoms with E-state index in [0.29, 0.717) is 22.7 Å². The third kappa shape index (κ3) is 4.99. The Morgan fingerprint density at radius 1 is 1.04 bits per heavy atom. The molecule has 2 N–H and O–H groups in total. The lowest BCUT2D eigenvalue weighted by Gasteiger charge is -2.14. The number of nitrogens with one attached hydrogen (secondary N) is 2. The van der Waals surface area contributed by atoms with E-state index in [1.807, 2.05) is 13.8 Å². The first-order valence-electron chi connectivity index (χ1n) is 8.35. The van der Waals surface area contributed by atoms with E-state index in [-0.39, 0.29) is 24.3 Å². The molecule has 0 heterocycles. The third-order valence-electron chi connectivity index (χ3n) is 3.71. The zero-order valence-corrected chi connectivity index (χ0v) is 15.5. The Morgan fingerprint density at radius 3 is 2.42 bits per heavy atom. The number of anilines is 1. The van der Waals surface area contributed by atoms with Crippen molar-refractivity contribution in [1.82, 2.24) is 5.32 Å². The molecule has 2 aromatic rings. The van der Waals surface area contributed by atoms with Crippen LogP contribution in [0.2, 0.25) is 0 Å². The Labute approximate surface area is 153 Å². The van der Waals surface area contributed by atoms with Gasteiger partial charge in [-0.15, -0.1) is 0 Å². The molecule has 0 spiro atoms. The third-order valence-corrected chi connectivity index (χ3v) is 3.71. The van der Waals surface area contributed by atoms with Crippen molar-refractivity contribution < 1.29 is 19.1 Å². The largest absolute Gasteiger partial charge is 0.497 e. The lowest BCUT2D eigenvalue weighted by atomic mass is 10.1. The molecule has 0 bridgehead atoms. The maximum atomic E-state index is 12.5. The Kier molecular flexibility index (Phi) is 6.60. The fraction of sp³-hybridized carbons (Fsp3) is 0.300. The summed E-state index contributed by atoms with van der Waals surface area (Å²) < 4.78 is 10.5. The van der Waals surface area contributed by atoms with Crippen LogP contribution in [0.15, 0.2) is 42.5 Å². The Morgan fingerprint density at radius 2 is 1.77 bits per heavy atom. The number of para-hydroxylation sites is 1. The Bertz CT molecular complexity index is 787. The molecule has 0 atom stereocenters. The molecule has 0 fully saturated rings. The monoisotopic (exact) mass is 356 g/mol. The highest BCUT2D eigenvalue weighted by molar-refractivity contribution is 6.04. The average Bonchev–Trinajstić information content (AvgIpc) is 2.61. The van der Waals surface area contributed by atoms with Crippen molar-refractivity contribution in [2.75, 3.05) is 19.5 Å². The molecular weight excluding hydrogens is 332 g/mol. The lowest BCUT2D eigenvalue weighted by Crippen LogP contribution is -2.31. The minimum atomic E-state index is -0.238. The number of benzene rings is 2. The molecule has 0 aliphatic heterocycles. The number of methoxy groups -OCH3 is 2.